The van der Waals surface area contributed by atoms with Crippen LogP contribution >= 0.6 is 0 Å². The van der Waals surface area contributed by atoms with Crippen molar-refractivity contribution in [2.45, 2.75) is 12.1 Å². The zero-order valence-electron chi connectivity index (χ0n) is 16.3. The van der Waals surface area contributed by atoms with Gasteiger partial charge < -0.3 is 10.0 Å². The molecule has 1 unspecified atom stereocenters. The summed E-state index contributed by atoms with van der Waals surface area (Å²) in [6, 6.07) is 24.1. The Bertz CT molecular complexity index is 879. The van der Waals surface area contributed by atoms with E-state index in [4.69, 9.17) is 0 Å². The quantitative estimate of drug-likeness (QED) is 0.731. The van der Waals surface area contributed by atoms with E-state index < -0.39 is 0 Å². The molecule has 1 amide bonds. The fraction of sp³-hybridized carbons (Fsp3) is 0.250. The maximum absolute atomic E-state index is 12.9. The molecule has 3 aromatic rings. The predicted molar refractivity (Wildman–Crippen MR) is 112 cm³/mol. The molecule has 2 heterocycles. The van der Waals surface area contributed by atoms with Crippen LogP contribution < -0.4 is 0 Å². The number of hydrogen-bond acceptors (Lipinski definition) is 4. The molecule has 0 spiro atoms. The van der Waals surface area contributed by atoms with Crippen LogP contribution in [0, 0.1) is 0 Å². The van der Waals surface area contributed by atoms with Crippen molar-refractivity contribution in [3.8, 4) is 0 Å². The Balaban J connectivity index is 1.61. The summed E-state index contributed by atoms with van der Waals surface area (Å²) >= 11 is 0. The minimum absolute atomic E-state index is 0.00696. The number of benzene rings is 2. The van der Waals surface area contributed by atoms with E-state index in [1.165, 1.54) is 11.1 Å². The van der Waals surface area contributed by atoms with E-state index >= 15 is 0 Å². The van der Waals surface area contributed by atoms with E-state index in [0.717, 1.165) is 0 Å². The Kier molecular flexibility index (Phi) is 5.98. The average Bonchev–Trinajstić information content (AvgIpc) is 2.81. The van der Waals surface area contributed by atoms with Crippen LogP contribution in [-0.2, 0) is 0 Å². The van der Waals surface area contributed by atoms with Crippen molar-refractivity contribution in [1.29, 1.82) is 0 Å². The van der Waals surface area contributed by atoms with Crippen molar-refractivity contribution in [3.05, 3.63) is 102 Å². The van der Waals surface area contributed by atoms with Crippen LogP contribution in [0.15, 0.2) is 85.2 Å². The fourth-order valence-corrected chi connectivity index (χ4v) is 4.07. The van der Waals surface area contributed by atoms with Gasteiger partial charge in [-0.2, -0.15) is 0 Å². The highest BCUT2D eigenvalue weighted by atomic mass is 16.3. The van der Waals surface area contributed by atoms with Crippen LogP contribution in [0.4, 0.5) is 0 Å². The van der Waals surface area contributed by atoms with Crippen LogP contribution in [0.5, 0.6) is 0 Å². The normalized spacial score (nSPS) is 17.4. The van der Waals surface area contributed by atoms with Gasteiger partial charge in [-0.05, 0) is 23.3 Å². The molecule has 2 aromatic carbocycles. The Morgan fingerprint density at radius 2 is 1.62 bits per heavy atom. The average molecular weight is 387 g/mol. The summed E-state index contributed by atoms with van der Waals surface area (Å²) in [5.41, 5.74) is 2.95. The molecule has 148 valence electrons. The Morgan fingerprint density at radius 1 is 0.966 bits per heavy atom. The minimum Gasteiger partial charge on any atom is -0.395 e. The van der Waals surface area contributed by atoms with E-state index in [9.17, 15) is 9.90 Å². The summed E-state index contributed by atoms with van der Waals surface area (Å²) in [7, 11) is 0. The second-order valence-corrected chi connectivity index (χ2v) is 7.29. The van der Waals surface area contributed by atoms with Crippen molar-refractivity contribution in [1.82, 2.24) is 14.8 Å². The molecule has 5 heteroatoms. The minimum atomic E-state index is -0.144. The van der Waals surface area contributed by atoms with Gasteiger partial charge in [0.15, 0.2) is 0 Å². The van der Waals surface area contributed by atoms with Crippen molar-refractivity contribution >= 4 is 5.91 Å². The Morgan fingerprint density at radius 3 is 2.17 bits per heavy atom. The van der Waals surface area contributed by atoms with E-state index in [1.54, 1.807) is 24.5 Å². The van der Waals surface area contributed by atoms with Gasteiger partial charge in [-0.1, -0.05) is 60.7 Å². The third kappa shape index (κ3) is 4.21. The fourth-order valence-electron chi connectivity index (χ4n) is 4.07. The molecule has 1 aliphatic heterocycles. The molecule has 0 radical (unpaired) electrons. The number of carbonyl (C=O) groups is 1. The summed E-state index contributed by atoms with van der Waals surface area (Å²) in [6.07, 6.45) is 3.26. The number of amides is 1. The van der Waals surface area contributed by atoms with Crippen LogP contribution in [0.3, 0.4) is 0 Å². The van der Waals surface area contributed by atoms with E-state index in [1.807, 2.05) is 41.3 Å². The van der Waals surface area contributed by atoms with Gasteiger partial charge in [0.25, 0.3) is 5.91 Å². The van der Waals surface area contributed by atoms with Gasteiger partial charge in [-0.3, -0.25) is 14.7 Å². The predicted octanol–water partition coefficient (Wildman–Crippen LogP) is 2.99. The maximum atomic E-state index is 12.9. The van der Waals surface area contributed by atoms with E-state index in [2.05, 4.69) is 34.1 Å². The number of aliphatic hydroxyl groups excluding tert-OH is 1. The number of aromatic nitrogens is 1. The monoisotopic (exact) mass is 387 g/mol. The first kappa shape index (κ1) is 19.3. The van der Waals surface area contributed by atoms with Gasteiger partial charge >= 0.3 is 0 Å². The van der Waals surface area contributed by atoms with Crippen LogP contribution in [0.1, 0.15) is 27.5 Å². The van der Waals surface area contributed by atoms with Gasteiger partial charge in [0.2, 0.25) is 0 Å². The van der Waals surface area contributed by atoms with E-state index in [0.29, 0.717) is 25.2 Å². The second kappa shape index (κ2) is 8.99. The van der Waals surface area contributed by atoms with Gasteiger partial charge in [0.1, 0.15) is 0 Å². The third-order valence-corrected chi connectivity index (χ3v) is 5.50. The number of aliphatic hydroxyl groups is 1. The lowest BCUT2D eigenvalue weighted by molar-refractivity contribution is 0.0196. The third-order valence-electron chi connectivity index (χ3n) is 5.50. The molecular formula is C24H25N3O2. The Hall–Kier alpha value is -3.02. The van der Waals surface area contributed by atoms with Crippen LogP contribution in [0.25, 0.3) is 0 Å². The maximum Gasteiger partial charge on any atom is 0.255 e. The SMILES string of the molecule is O=C(c1cccnc1)N1CCN(C(c2ccccc2)c2ccccc2)C(CO)C1. The summed E-state index contributed by atoms with van der Waals surface area (Å²) in [4.78, 5) is 21.1. The van der Waals surface area contributed by atoms with Crippen molar-refractivity contribution in [3.63, 3.8) is 0 Å². The molecule has 1 aromatic heterocycles. The molecule has 0 bridgehead atoms. The van der Waals surface area contributed by atoms with Gasteiger partial charge in [0, 0.05) is 32.0 Å². The first-order valence-corrected chi connectivity index (χ1v) is 9.93. The lowest BCUT2D eigenvalue weighted by atomic mass is 9.94. The lowest BCUT2D eigenvalue weighted by Crippen LogP contribution is -2.57. The molecule has 1 fully saturated rings. The standard InChI is InChI=1S/C24H25N3O2/c28-18-22-17-26(24(29)21-12-7-13-25-16-21)14-15-27(22)23(19-8-3-1-4-9-19)20-10-5-2-6-11-20/h1-13,16,22-23,28H,14-15,17-18H2. The zero-order valence-corrected chi connectivity index (χ0v) is 16.3. The molecule has 1 atom stereocenters. The molecular weight excluding hydrogens is 362 g/mol. The zero-order chi connectivity index (χ0) is 20.1. The molecule has 1 N–H and O–H groups in total. The number of hydrogen-bond donors (Lipinski definition) is 1. The van der Waals surface area contributed by atoms with E-state index in [-0.39, 0.29) is 24.6 Å². The summed E-state index contributed by atoms with van der Waals surface area (Å²) < 4.78 is 0. The molecule has 29 heavy (non-hydrogen) atoms. The second-order valence-electron chi connectivity index (χ2n) is 7.29. The molecule has 0 saturated carbocycles. The summed E-state index contributed by atoms with van der Waals surface area (Å²) in [6.45, 7) is 1.78. The van der Waals surface area contributed by atoms with Crippen molar-refractivity contribution in [2.75, 3.05) is 26.2 Å². The first-order chi connectivity index (χ1) is 14.3. The number of rotatable bonds is 5. The van der Waals surface area contributed by atoms with Crippen molar-refractivity contribution in [2.24, 2.45) is 0 Å². The summed E-state index contributed by atoms with van der Waals surface area (Å²) in [5.74, 6) is -0.0350. The smallest absolute Gasteiger partial charge is 0.255 e. The number of pyridine rings is 1. The Labute approximate surface area is 171 Å². The highest BCUT2D eigenvalue weighted by Crippen LogP contribution is 2.32. The van der Waals surface area contributed by atoms with Crippen molar-refractivity contribution < 1.29 is 9.90 Å². The largest absolute Gasteiger partial charge is 0.395 e. The van der Waals surface area contributed by atoms with Gasteiger partial charge in [-0.15, -0.1) is 0 Å². The molecule has 1 saturated heterocycles. The highest BCUT2D eigenvalue weighted by molar-refractivity contribution is 5.94. The topological polar surface area (TPSA) is 56.7 Å². The molecule has 5 nitrogen and oxygen atoms in total. The van der Waals surface area contributed by atoms with Crippen LogP contribution in [-0.4, -0.2) is 58.1 Å². The van der Waals surface area contributed by atoms with Gasteiger partial charge in [-0.25, -0.2) is 0 Å². The molecule has 4 rings (SSSR count). The van der Waals surface area contributed by atoms with Crippen LogP contribution in [0.2, 0.25) is 0 Å². The summed E-state index contributed by atoms with van der Waals surface area (Å²) in [5, 5.41) is 10.2. The lowest BCUT2D eigenvalue weighted by Gasteiger charge is -2.45. The molecule has 1 aliphatic rings. The van der Waals surface area contributed by atoms with Gasteiger partial charge in [0.05, 0.1) is 24.3 Å². The number of nitrogens with zero attached hydrogens (tertiary/aromatic N) is 3. The number of piperazine rings is 1. The number of carbonyl (C=O) groups excluding carboxylic acids is 1. The molecule has 0 aliphatic carbocycles. The first-order valence-electron chi connectivity index (χ1n) is 9.93. The highest BCUT2D eigenvalue weighted by Gasteiger charge is 2.35.